The molecule has 0 saturated carbocycles. The van der Waals surface area contributed by atoms with Crippen molar-refractivity contribution < 1.29 is 9.53 Å². The molecule has 0 heterocycles. The monoisotopic (exact) mass is 220 g/mol. The molecule has 0 aliphatic carbocycles. The van der Waals surface area contributed by atoms with E-state index in [1.165, 1.54) is 5.56 Å². The third-order valence-corrected chi connectivity index (χ3v) is 2.55. The van der Waals surface area contributed by atoms with Crippen LogP contribution in [0.3, 0.4) is 0 Å². The highest BCUT2D eigenvalue weighted by Crippen LogP contribution is 2.09. The molecule has 1 rings (SSSR count). The molecule has 1 aromatic rings. The number of carbonyl (C=O) groups excluding carboxylic acids is 1. The van der Waals surface area contributed by atoms with Crippen LogP contribution in [0.4, 0.5) is 0 Å². The van der Waals surface area contributed by atoms with Gasteiger partial charge < -0.3 is 4.74 Å². The molecule has 0 unspecified atom stereocenters. The van der Waals surface area contributed by atoms with Gasteiger partial charge in [0.05, 0.1) is 0 Å². The summed E-state index contributed by atoms with van der Waals surface area (Å²) in [5.41, 5.74) is 2.05. The Morgan fingerprint density at radius 2 is 2.12 bits per heavy atom. The summed E-state index contributed by atoms with van der Waals surface area (Å²) in [6.07, 6.45) is 2.36. The summed E-state index contributed by atoms with van der Waals surface area (Å²) in [4.78, 5) is 11.8. The van der Waals surface area contributed by atoms with Crippen LogP contribution in [0, 0.1) is 0 Å². The molecule has 0 fully saturated rings. The number of hydrogen-bond donors (Lipinski definition) is 0. The van der Waals surface area contributed by atoms with Crippen LogP contribution in [-0.4, -0.2) is 19.0 Å². The van der Waals surface area contributed by atoms with Crippen LogP contribution in [0.15, 0.2) is 24.3 Å². The Hall–Kier alpha value is -1.15. The van der Waals surface area contributed by atoms with Gasteiger partial charge in [0.25, 0.3) is 0 Å². The zero-order chi connectivity index (χ0) is 11.8. The SMILES string of the molecule is CCOCCCC(=O)c1cccc(CC)c1. The van der Waals surface area contributed by atoms with Crippen LogP contribution in [0.2, 0.25) is 0 Å². The van der Waals surface area contributed by atoms with Crippen molar-refractivity contribution in [3.8, 4) is 0 Å². The van der Waals surface area contributed by atoms with Crippen LogP contribution < -0.4 is 0 Å². The Labute approximate surface area is 97.6 Å². The molecule has 2 nitrogen and oxygen atoms in total. The third kappa shape index (κ3) is 4.15. The van der Waals surface area contributed by atoms with Crippen LogP contribution in [-0.2, 0) is 11.2 Å². The van der Waals surface area contributed by atoms with Crippen molar-refractivity contribution in [3.63, 3.8) is 0 Å². The summed E-state index contributed by atoms with van der Waals surface area (Å²) in [6, 6.07) is 7.89. The fourth-order valence-corrected chi connectivity index (χ4v) is 1.59. The van der Waals surface area contributed by atoms with Gasteiger partial charge in [0.2, 0.25) is 0 Å². The van der Waals surface area contributed by atoms with E-state index in [4.69, 9.17) is 4.74 Å². The van der Waals surface area contributed by atoms with Crippen molar-refractivity contribution in [1.82, 2.24) is 0 Å². The largest absolute Gasteiger partial charge is 0.382 e. The van der Waals surface area contributed by atoms with Gasteiger partial charge in [0, 0.05) is 25.2 Å². The predicted octanol–water partition coefficient (Wildman–Crippen LogP) is 3.25. The van der Waals surface area contributed by atoms with Crippen LogP contribution in [0.25, 0.3) is 0 Å². The quantitative estimate of drug-likeness (QED) is 0.521. The maximum Gasteiger partial charge on any atom is 0.162 e. The number of rotatable bonds is 7. The van der Waals surface area contributed by atoms with Crippen molar-refractivity contribution in [2.24, 2.45) is 0 Å². The van der Waals surface area contributed by atoms with E-state index in [2.05, 4.69) is 13.0 Å². The Morgan fingerprint density at radius 1 is 1.31 bits per heavy atom. The maximum atomic E-state index is 11.8. The summed E-state index contributed by atoms with van der Waals surface area (Å²) in [5, 5.41) is 0. The minimum absolute atomic E-state index is 0.218. The number of hydrogen-bond acceptors (Lipinski definition) is 2. The lowest BCUT2D eigenvalue weighted by Crippen LogP contribution is -2.02. The smallest absolute Gasteiger partial charge is 0.162 e. The molecule has 0 aliphatic heterocycles. The molecule has 0 bridgehead atoms. The van der Waals surface area contributed by atoms with E-state index in [-0.39, 0.29) is 5.78 Å². The van der Waals surface area contributed by atoms with E-state index >= 15 is 0 Å². The molecule has 16 heavy (non-hydrogen) atoms. The maximum absolute atomic E-state index is 11.8. The van der Waals surface area contributed by atoms with Gasteiger partial charge in [-0.2, -0.15) is 0 Å². The summed E-state index contributed by atoms with van der Waals surface area (Å²) in [5.74, 6) is 0.218. The van der Waals surface area contributed by atoms with E-state index in [9.17, 15) is 4.79 Å². The first-order chi connectivity index (χ1) is 7.77. The molecular formula is C14H20O2. The lowest BCUT2D eigenvalue weighted by atomic mass is 10.0. The van der Waals surface area contributed by atoms with Gasteiger partial charge in [-0.1, -0.05) is 25.1 Å². The van der Waals surface area contributed by atoms with Gasteiger partial charge in [0.15, 0.2) is 5.78 Å². The molecule has 0 aliphatic rings. The Balaban J connectivity index is 2.46. The van der Waals surface area contributed by atoms with Crippen LogP contribution in [0.1, 0.15) is 42.6 Å². The molecule has 0 spiro atoms. The van der Waals surface area contributed by atoms with Gasteiger partial charge >= 0.3 is 0 Å². The summed E-state index contributed by atoms with van der Waals surface area (Å²) in [7, 11) is 0. The number of ketones is 1. The average Bonchev–Trinajstić information content (AvgIpc) is 2.34. The van der Waals surface area contributed by atoms with Crippen molar-refractivity contribution in [2.45, 2.75) is 33.1 Å². The fourth-order valence-electron chi connectivity index (χ4n) is 1.59. The average molecular weight is 220 g/mol. The van der Waals surface area contributed by atoms with Crippen molar-refractivity contribution in [2.75, 3.05) is 13.2 Å². The number of Topliss-reactive ketones (excluding diaryl/α,β-unsaturated/α-hetero) is 1. The molecule has 0 amide bonds. The highest BCUT2D eigenvalue weighted by Gasteiger charge is 2.05. The van der Waals surface area contributed by atoms with E-state index in [1.807, 2.05) is 25.1 Å². The van der Waals surface area contributed by atoms with E-state index in [0.29, 0.717) is 13.0 Å². The molecular weight excluding hydrogens is 200 g/mol. The van der Waals surface area contributed by atoms with Gasteiger partial charge in [-0.3, -0.25) is 4.79 Å². The zero-order valence-electron chi connectivity index (χ0n) is 10.2. The second-order valence-corrected chi connectivity index (χ2v) is 3.78. The van der Waals surface area contributed by atoms with Gasteiger partial charge in [-0.05, 0) is 31.4 Å². The lowest BCUT2D eigenvalue weighted by Gasteiger charge is -2.03. The molecule has 0 saturated heterocycles. The fraction of sp³-hybridized carbons (Fsp3) is 0.500. The minimum Gasteiger partial charge on any atom is -0.382 e. The molecule has 2 heteroatoms. The van der Waals surface area contributed by atoms with E-state index < -0.39 is 0 Å². The Kier molecular flexibility index (Phi) is 5.79. The molecule has 0 aromatic heterocycles. The van der Waals surface area contributed by atoms with Crippen molar-refractivity contribution in [1.29, 1.82) is 0 Å². The second-order valence-electron chi connectivity index (χ2n) is 3.78. The molecule has 0 N–H and O–H groups in total. The number of benzene rings is 1. The second kappa shape index (κ2) is 7.18. The predicted molar refractivity (Wildman–Crippen MR) is 65.9 cm³/mol. The van der Waals surface area contributed by atoms with Crippen LogP contribution in [0.5, 0.6) is 0 Å². The third-order valence-electron chi connectivity index (χ3n) is 2.55. The van der Waals surface area contributed by atoms with Crippen molar-refractivity contribution in [3.05, 3.63) is 35.4 Å². The Morgan fingerprint density at radius 3 is 2.81 bits per heavy atom. The zero-order valence-corrected chi connectivity index (χ0v) is 10.2. The summed E-state index contributed by atoms with van der Waals surface area (Å²) < 4.78 is 5.21. The topological polar surface area (TPSA) is 26.3 Å². The van der Waals surface area contributed by atoms with Gasteiger partial charge in [-0.25, -0.2) is 0 Å². The molecule has 88 valence electrons. The standard InChI is InChI=1S/C14H20O2/c1-3-12-7-5-8-13(11-12)14(15)9-6-10-16-4-2/h5,7-8,11H,3-4,6,9-10H2,1-2H3. The molecule has 1 aromatic carbocycles. The first-order valence-electron chi connectivity index (χ1n) is 5.97. The van der Waals surface area contributed by atoms with Gasteiger partial charge in [-0.15, -0.1) is 0 Å². The lowest BCUT2D eigenvalue weighted by molar-refractivity contribution is 0.0947. The number of carbonyl (C=O) groups is 1. The molecule has 0 radical (unpaired) electrons. The minimum atomic E-state index is 0.218. The van der Waals surface area contributed by atoms with E-state index in [1.54, 1.807) is 0 Å². The van der Waals surface area contributed by atoms with Gasteiger partial charge in [0.1, 0.15) is 0 Å². The highest BCUT2D eigenvalue weighted by atomic mass is 16.5. The highest BCUT2D eigenvalue weighted by molar-refractivity contribution is 5.96. The number of ether oxygens (including phenoxy) is 1. The van der Waals surface area contributed by atoms with E-state index in [0.717, 1.165) is 25.0 Å². The molecule has 0 atom stereocenters. The number of aryl methyl sites for hydroxylation is 1. The Bertz CT molecular complexity index is 331. The summed E-state index contributed by atoms with van der Waals surface area (Å²) in [6.45, 7) is 5.46. The van der Waals surface area contributed by atoms with Crippen molar-refractivity contribution >= 4 is 5.78 Å². The first-order valence-corrected chi connectivity index (χ1v) is 5.97. The normalized spacial score (nSPS) is 10.4. The van der Waals surface area contributed by atoms with Crippen LogP contribution >= 0.6 is 0 Å². The first kappa shape index (κ1) is 12.9. The summed E-state index contributed by atoms with van der Waals surface area (Å²) >= 11 is 0.